The van der Waals surface area contributed by atoms with Crippen molar-refractivity contribution >= 4 is 29.1 Å². The fourth-order valence-electron chi connectivity index (χ4n) is 1.49. The van der Waals surface area contributed by atoms with Gasteiger partial charge in [-0.1, -0.05) is 6.07 Å². The van der Waals surface area contributed by atoms with E-state index in [1.807, 2.05) is 26.8 Å². The summed E-state index contributed by atoms with van der Waals surface area (Å²) in [5.74, 6) is -0.415. The van der Waals surface area contributed by atoms with Gasteiger partial charge in [-0.3, -0.25) is 4.79 Å². The van der Waals surface area contributed by atoms with Crippen LogP contribution in [-0.2, 0) is 9.31 Å². The van der Waals surface area contributed by atoms with Crippen LogP contribution in [0.5, 0.6) is 0 Å². The maximum atomic E-state index is 11.0. The maximum Gasteiger partial charge on any atom is 0.505 e. The lowest BCUT2D eigenvalue weighted by molar-refractivity contribution is 0.0842. The zero-order chi connectivity index (χ0) is 11.9. The minimum atomic E-state index is -0.415. The van der Waals surface area contributed by atoms with Crippen LogP contribution in [0.2, 0.25) is 0 Å². The third-order valence-electron chi connectivity index (χ3n) is 2.82. The van der Waals surface area contributed by atoms with E-state index in [1.54, 1.807) is 6.07 Å². The van der Waals surface area contributed by atoms with Crippen LogP contribution in [0.1, 0.15) is 30.4 Å². The van der Waals surface area contributed by atoms with Gasteiger partial charge >= 0.3 is 7.12 Å². The lowest BCUT2D eigenvalue weighted by Crippen LogP contribution is -2.33. The van der Waals surface area contributed by atoms with E-state index in [-0.39, 0.29) is 18.8 Å². The molecule has 1 aliphatic heterocycles. The van der Waals surface area contributed by atoms with Crippen molar-refractivity contribution in [2.24, 2.45) is 5.73 Å². The fraction of sp³-hybridized carbons (Fsp3) is 0.500. The van der Waals surface area contributed by atoms with Crippen LogP contribution < -0.4 is 10.5 Å². The van der Waals surface area contributed by atoms with Crippen LogP contribution in [0.3, 0.4) is 0 Å². The lowest BCUT2D eigenvalue weighted by Gasteiger charge is -2.21. The molecule has 16 heavy (non-hydrogen) atoms. The van der Waals surface area contributed by atoms with Gasteiger partial charge in [-0.15, -0.1) is 11.3 Å². The number of hydrogen-bond acceptors (Lipinski definition) is 4. The van der Waals surface area contributed by atoms with Crippen molar-refractivity contribution in [3.8, 4) is 0 Å². The highest BCUT2D eigenvalue weighted by Gasteiger charge is 2.44. The van der Waals surface area contributed by atoms with Crippen LogP contribution in [0.25, 0.3) is 0 Å². The molecule has 0 spiro atoms. The Kier molecular flexibility index (Phi) is 2.81. The summed E-state index contributed by atoms with van der Waals surface area (Å²) < 4.78 is 12.3. The minimum absolute atomic E-state index is 0.0247. The van der Waals surface area contributed by atoms with Crippen LogP contribution in [0.15, 0.2) is 12.1 Å². The molecule has 86 valence electrons. The van der Waals surface area contributed by atoms with Gasteiger partial charge in [0.2, 0.25) is 0 Å². The normalized spacial score (nSPS) is 23.7. The molecule has 0 saturated carbocycles. The molecule has 2 rings (SSSR count). The maximum absolute atomic E-state index is 11.0. The van der Waals surface area contributed by atoms with Gasteiger partial charge in [0, 0.05) is 4.78 Å². The van der Waals surface area contributed by atoms with Crippen LogP contribution >= 0.6 is 11.3 Å². The van der Waals surface area contributed by atoms with Crippen LogP contribution in [0, 0.1) is 0 Å². The third kappa shape index (κ3) is 2.00. The van der Waals surface area contributed by atoms with Crippen LogP contribution in [-0.4, -0.2) is 24.7 Å². The van der Waals surface area contributed by atoms with Crippen molar-refractivity contribution < 1.29 is 14.1 Å². The Labute approximate surface area is 98.9 Å². The zero-order valence-corrected chi connectivity index (χ0v) is 10.3. The molecule has 2 N–H and O–H groups in total. The topological polar surface area (TPSA) is 61.5 Å². The average molecular weight is 239 g/mol. The molecule has 1 saturated heterocycles. The lowest BCUT2D eigenvalue weighted by atomic mass is 9.88. The predicted octanol–water partition coefficient (Wildman–Crippen LogP) is 0.756. The third-order valence-corrected chi connectivity index (χ3v) is 3.94. The standard InChI is InChI=1S/C10H14BNO3S/c1-6-10(2,3)15-11(14-6)8-5-4-7(16-8)9(12)13/h4-6H,1-3H3,(H2,12,13). The second kappa shape index (κ2) is 3.87. The first-order valence-electron chi connectivity index (χ1n) is 5.13. The summed E-state index contributed by atoms with van der Waals surface area (Å²) in [7, 11) is -0.386. The minimum Gasteiger partial charge on any atom is -0.401 e. The number of amides is 1. The highest BCUT2D eigenvalue weighted by Crippen LogP contribution is 2.27. The van der Waals surface area contributed by atoms with Gasteiger partial charge in [-0.25, -0.2) is 0 Å². The van der Waals surface area contributed by atoms with Crippen molar-refractivity contribution in [3.05, 3.63) is 17.0 Å². The summed E-state index contributed by atoms with van der Waals surface area (Å²) in [6.07, 6.45) is 0.0247. The summed E-state index contributed by atoms with van der Waals surface area (Å²) in [5, 5.41) is 0. The Morgan fingerprint density at radius 3 is 2.69 bits per heavy atom. The Hall–Kier alpha value is -0.845. The molecule has 1 atom stereocenters. The predicted molar refractivity (Wildman–Crippen MR) is 63.9 cm³/mol. The largest absolute Gasteiger partial charge is 0.505 e. The fourth-order valence-corrected chi connectivity index (χ4v) is 2.31. The van der Waals surface area contributed by atoms with E-state index in [1.165, 1.54) is 11.3 Å². The quantitative estimate of drug-likeness (QED) is 0.775. The molecule has 0 bridgehead atoms. The first-order valence-corrected chi connectivity index (χ1v) is 5.94. The van der Waals surface area contributed by atoms with E-state index >= 15 is 0 Å². The highest BCUT2D eigenvalue weighted by atomic mass is 32.1. The summed E-state index contributed by atoms with van der Waals surface area (Å²) in [6.45, 7) is 5.95. The van der Waals surface area contributed by atoms with E-state index in [0.717, 1.165) is 4.78 Å². The van der Waals surface area contributed by atoms with E-state index < -0.39 is 5.91 Å². The molecule has 1 aliphatic rings. The SMILES string of the molecule is CC1OB(c2ccc(C(N)=O)s2)OC1(C)C. The molecule has 1 amide bonds. The van der Waals surface area contributed by atoms with Gasteiger partial charge < -0.3 is 15.0 Å². The van der Waals surface area contributed by atoms with Crippen molar-refractivity contribution in [2.45, 2.75) is 32.5 Å². The molecule has 1 unspecified atom stereocenters. The summed E-state index contributed by atoms with van der Waals surface area (Å²) in [6, 6.07) is 3.52. The number of nitrogens with two attached hydrogens (primary N) is 1. The Morgan fingerprint density at radius 2 is 2.25 bits per heavy atom. The summed E-state index contributed by atoms with van der Waals surface area (Å²) in [5.41, 5.74) is 4.89. The number of rotatable bonds is 2. The van der Waals surface area contributed by atoms with Crippen molar-refractivity contribution in [2.75, 3.05) is 0 Å². The second-order valence-electron chi connectivity index (χ2n) is 4.40. The first-order chi connectivity index (χ1) is 7.40. The van der Waals surface area contributed by atoms with Gasteiger partial charge in [0.15, 0.2) is 0 Å². The van der Waals surface area contributed by atoms with Crippen molar-refractivity contribution in [1.82, 2.24) is 0 Å². The van der Waals surface area contributed by atoms with Gasteiger partial charge in [0.25, 0.3) is 5.91 Å². The van der Waals surface area contributed by atoms with Gasteiger partial charge in [0.1, 0.15) is 0 Å². The zero-order valence-electron chi connectivity index (χ0n) is 9.52. The number of hydrogen-bond donors (Lipinski definition) is 1. The molecule has 4 nitrogen and oxygen atoms in total. The first kappa shape index (κ1) is 11.6. The summed E-state index contributed by atoms with van der Waals surface area (Å²) >= 11 is 1.32. The molecule has 1 aromatic rings. The molecule has 2 heterocycles. The molecular weight excluding hydrogens is 225 g/mol. The van der Waals surface area contributed by atoms with Crippen LogP contribution in [0.4, 0.5) is 0 Å². The van der Waals surface area contributed by atoms with Gasteiger partial charge in [-0.05, 0) is 26.8 Å². The Balaban J connectivity index is 2.17. The Bertz CT molecular complexity index is 418. The van der Waals surface area contributed by atoms with E-state index in [4.69, 9.17) is 15.0 Å². The molecule has 0 aromatic carbocycles. The molecule has 0 aliphatic carbocycles. The number of thiophene rings is 1. The number of carbonyl (C=O) groups is 1. The molecule has 1 aromatic heterocycles. The van der Waals surface area contributed by atoms with Gasteiger partial charge in [0.05, 0.1) is 16.6 Å². The van der Waals surface area contributed by atoms with E-state index in [2.05, 4.69) is 0 Å². The Morgan fingerprint density at radius 1 is 1.56 bits per heavy atom. The van der Waals surface area contributed by atoms with Gasteiger partial charge in [-0.2, -0.15) is 0 Å². The molecule has 1 fully saturated rings. The molecule has 0 radical (unpaired) electrons. The molecular formula is C10H14BNO3S. The average Bonchev–Trinajstić information content (AvgIpc) is 2.72. The monoisotopic (exact) mass is 239 g/mol. The smallest absolute Gasteiger partial charge is 0.401 e. The summed E-state index contributed by atoms with van der Waals surface area (Å²) in [4.78, 5) is 11.5. The van der Waals surface area contributed by atoms with E-state index in [0.29, 0.717) is 4.88 Å². The number of primary amides is 1. The van der Waals surface area contributed by atoms with Crippen molar-refractivity contribution in [1.29, 1.82) is 0 Å². The highest BCUT2D eigenvalue weighted by molar-refractivity contribution is 7.23. The number of carbonyl (C=O) groups excluding carboxylic acids is 1. The van der Waals surface area contributed by atoms with Crippen molar-refractivity contribution in [3.63, 3.8) is 0 Å². The van der Waals surface area contributed by atoms with E-state index in [9.17, 15) is 4.79 Å². The molecule has 6 heteroatoms. The second-order valence-corrected chi connectivity index (χ2v) is 5.51.